The Morgan fingerprint density at radius 3 is 2.84 bits per heavy atom. The van der Waals surface area contributed by atoms with E-state index in [9.17, 15) is 4.79 Å². The van der Waals surface area contributed by atoms with Crippen LogP contribution in [-0.4, -0.2) is 43.4 Å². The quantitative estimate of drug-likeness (QED) is 0.795. The average Bonchev–Trinajstić information content (AvgIpc) is 2.79. The highest BCUT2D eigenvalue weighted by Gasteiger charge is 2.34. The third-order valence-electron chi connectivity index (χ3n) is 3.91. The molecular formula is C15H21ClN2O. The highest BCUT2D eigenvalue weighted by atomic mass is 35.5. The van der Waals surface area contributed by atoms with E-state index in [1.54, 1.807) is 0 Å². The van der Waals surface area contributed by atoms with E-state index in [1.807, 2.05) is 48.2 Å². The lowest BCUT2D eigenvalue weighted by Crippen LogP contribution is -2.38. The van der Waals surface area contributed by atoms with Crippen molar-refractivity contribution in [2.45, 2.75) is 19.4 Å². The van der Waals surface area contributed by atoms with Gasteiger partial charge in [0.05, 0.1) is 0 Å². The van der Waals surface area contributed by atoms with Crippen molar-refractivity contribution in [1.82, 2.24) is 4.90 Å². The van der Waals surface area contributed by atoms with E-state index in [2.05, 4.69) is 6.92 Å². The summed E-state index contributed by atoms with van der Waals surface area (Å²) in [5.74, 6) is 1.09. The number of hydrogen-bond acceptors (Lipinski definition) is 2. The van der Waals surface area contributed by atoms with Crippen LogP contribution in [-0.2, 0) is 0 Å². The summed E-state index contributed by atoms with van der Waals surface area (Å²) in [7, 11) is 3.95. The number of alkyl halides is 1. The Hall–Kier alpha value is -1.22. The first-order valence-electron chi connectivity index (χ1n) is 6.69. The Balaban J connectivity index is 2.22. The first-order valence-corrected chi connectivity index (χ1v) is 7.22. The van der Waals surface area contributed by atoms with Crippen molar-refractivity contribution in [2.75, 3.05) is 31.4 Å². The molecule has 2 unspecified atom stereocenters. The maximum absolute atomic E-state index is 12.6. The summed E-state index contributed by atoms with van der Waals surface area (Å²) in [5.41, 5.74) is 1.79. The second-order valence-corrected chi connectivity index (χ2v) is 5.74. The molecule has 0 aromatic heterocycles. The monoisotopic (exact) mass is 280 g/mol. The normalized spacial score (nSPS) is 22.6. The molecule has 19 heavy (non-hydrogen) atoms. The fourth-order valence-electron chi connectivity index (χ4n) is 2.58. The number of amides is 1. The molecule has 1 aromatic rings. The van der Waals surface area contributed by atoms with E-state index in [0.717, 1.165) is 24.2 Å². The predicted molar refractivity (Wildman–Crippen MR) is 80.1 cm³/mol. The number of benzene rings is 1. The van der Waals surface area contributed by atoms with Gasteiger partial charge in [-0.1, -0.05) is 13.0 Å². The standard InChI is InChI=1S/C15H21ClN2O/c1-11-7-8-18(14(11)10-16)15(19)12-5-4-6-13(9-12)17(2)3/h4-6,9,11,14H,7-8,10H2,1-3H3. The molecule has 0 N–H and O–H groups in total. The number of hydrogen-bond donors (Lipinski definition) is 0. The van der Waals surface area contributed by atoms with Crippen LogP contribution in [0.5, 0.6) is 0 Å². The minimum absolute atomic E-state index is 0.0960. The lowest BCUT2D eigenvalue weighted by molar-refractivity contribution is 0.0737. The van der Waals surface area contributed by atoms with Crippen molar-refractivity contribution in [3.05, 3.63) is 29.8 Å². The van der Waals surface area contributed by atoms with Crippen LogP contribution in [0.3, 0.4) is 0 Å². The molecule has 2 atom stereocenters. The van der Waals surface area contributed by atoms with Crippen molar-refractivity contribution in [3.8, 4) is 0 Å². The molecule has 1 amide bonds. The molecule has 1 aliphatic heterocycles. The van der Waals surface area contributed by atoms with Crippen LogP contribution in [0.4, 0.5) is 5.69 Å². The van der Waals surface area contributed by atoms with E-state index < -0.39 is 0 Å². The fraction of sp³-hybridized carbons (Fsp3) is 0.533. The number of likely N-dealkylation sites (tertiary alicyclic amines) is 1. The smallest absolute Gasteiger partial charge is 0.254 e. The van der Waals surface area contributed by atoms with Gasteiger partial charge in [-0.15, -0.1) is 11.6 Å². The van der Waals surface area contributed by atoms with E-state index >= 15 is 0 Å². The Labute approximate surface area is 120 Å². The molecule has 4 heteroatoms. The minimum atomic E-state index is 0.0960. The molecule has 0 bridgehead atoms. The number of halogens is 1. The van der Waals surface area contributed by atoms with Gasteiger partial charge >= 0.3 is 0 Å². The number of anilines is 1. The largest absolute Gasteiger partial charge is 0.378 e. The van der Waals surface area contributed by atoms with E-state index in [4.69, 9.17) is 11.6 Å². The highest BCUT2D eigenvalue weighted by Crippen LogP contribution is 2.27. The zero-order chi connectivity index (χ0) is 14.0. The Morgan fingerprint density at radius 1 is 1.47 bits per heavy atom. The van der Waals surface area contributed by atoms with Crippen molar-refractivity contribution >= 4 is 23.2 Å². The predicted octanol–water partition coefficient (Wildman–Crippen LogP) is 2.84. The number of carbonyl (C=O) groups excluding carboxylic acids is 1. The van der Waals surface area contributed by atoms with Gasteiger partial charge in [0.2, 0.25) is 0 Å². The van der Waals surface area contributed by atoms with Gasteiger partial charge in [0.1, 0.15) is 0 Å². The van der Waals surface area contributed by atoms with Gasteiger partial charge in [0.25, 0.3) is 5.91 Å². The topological polar surface area (TPSA) is 23.6 Å². The van der Waals surface area contributed by atoms with E-state index in [-0.39, 0.29) is 11.9 Å². The zero-order valence-electron chi connectivity index (χ0n) is 11.8. The van der Waals surface area contributed by atoms with Crippen molar-refractivity contribution in [3.63, 3.8) is 0 Å². The molecule has 1 saturated heterocycles. The Kier molecular flexibility index (Phi) is 4.35. The van der Waals surface area contributed by atoms with Gasteiger partial charge in [0, 0.05) is 43.8 Å². The molecule has 0 radical (unpaired) electrons. The van der Waals surface area contributed by atoms with Crippen LogP contribution < -0.4 is 4.90 Å². The van der Waals surface area contributed by atoms with E-state index in [0.29, 0.717) is 11.8 Å². The molecule has 1 aliphatic rings. The van der Waals surface area contributed by atoms with Crippen LogP contribution in [0.25, 0.3) is 0 Å². The third kappa shape index (κ3) is 2.86. The van der Waals surface area contributed by atoms with Crippen LogP contribution in [0.1, 0.15) is 23.7 Å². The van der Waals surface area contributed by atoms with Crippen LogP contribution in [0.2, 0.25) is 0 Å². The fourth-order valence-corrected chi connectivity index (χ4v) is 3.05. The van der Waals surface area contributed by atoms with Crippen molar-refractivity contribution in [1.29, 1.82) is 0 Å². The van der Waals surface area contributed by atoms with Gasteiger partial charge in [0.15, 0.2) is 0 Å². The Bertz CT molecular complexity index is 461. The zero-order valence-corrected chi connectivity index (χ0v) is 12.5. The summed E-state index contributed by atoms with van der Waals surface area (Å²) in [6.07, 6.45) is 1.04. The molecule has 2 rings (SSSR count). The minimum Gasteiger partial charge on any atom is -0.378 e. The summed E-state index contributed by atoms with van der Waals surface area (Å²) >= 11 is 6.01. The summed E-state index contributed by atoms with van der Waals surface area (Å²) < 4.78 is 0. The summed E-state index contributed by atoms with van der Waals surface area (Å²) in [6.45, 7) is 2.97. The third-order valence-corrected chi connectivity index (χ3v) is 4.23. The lowest BCUT2D eigenvalue weighted by Gasteiger charge is -2.25. The summed E-state index contributed by atoms with van der Waals surface area (Å²) in [4.78, 5) is 16.5. The number of nitrogens with zero attached hydrogens (tertiary/aromatic N) is 2. The molecule has 0 spiro atoms. The highest BCUT2D eigenvalue weighted by molar-refractivity contribution is 6.18. The molecule has 0 aliphatic carbocycles. The average molecular weight is 281 g/mol. The molecule has 3 nitrogen and oxygen atoms in total. The molecule has 1 heterocycles. The second kappa shape index (κ2) is 5.83. The maximum Gasteiger partial charge on any atom is 0.254 e. The lowest BCUT2D eigenvalue weighted by atomic mass is 10.0. The van der Waals surface area contributed by atoms with Gasteiger partial charge in [-0.05, 0) is 30.5 Å². The van der Waals surface area contributed by atoms with Crippen LogP contribution in [0, 0.1) is 5.92 Å². The van der Waals surface area contributed by atoms with Gasteiger partial charge in [-0.2, -0.15) is 0 Å². The Morgan fingerprint density at radius 2 is 2.21 bits per heavy atom. The first kappa shape index (κ1) is 14.2. The van der Waals surface area contributed by atoms with Crippen LogP contribution >= 0.6 is 11.6 Å². The SMILES string of the molecule is CC1CCN(C(=O)c2cccc(N(C)C)c2)C1CCl. The second-order valence-electron chi connectivity index (χ2n) is 5.43. The maximum atomic E-state index is 12.6. The van der Waals surface area contributed by atoms with Gasteiger partial charge < -0.3 is 9.80 Å². The molecule has 1 aromatic carbocycles. The summed E-state index contributed by atoms with van der Waals surface area (Å²) in [6, 6.07) is 7.91. The molecular weight excluding hydrogens is 260 g/mol. The molecule has 1 fully saturated rings. The number of rotatable bonds is 3. The summed E-state index contributed by atoms with van der Waals surface area (Å²) in [5, 5.41) is 0. The number of carbonyl (C=O) groups is 1. The van der Waals surface area contributed by atoms with Gasteiger partial charge in [-0.3, -0.25) is 4.79 Å². The van der Waals surface area contributed by atoms with Gasteiger partial charge in [-0.25, -0.2) is 0 Å². The van der Waals surface area contributed by atoms with Crippen molar-refractivity contribution in [2.24, 2.45) is 5.92 Å². The molecule has 0 saturated carbocycles. The molecule has 104 valence electrons. The first-order chi connectivity index (χ1) is 9.04. The van der Waals surface area contributed by atoms with E-state index in [1.165, 1.54) is 0 Å². The van der Waals surface area contributed by atoms with Crippen LogP contribution in [0.15, 0.2) is 24.3 Å². The van der Waals surface area contributed by atoms with Crippen molar-refractivity contribution < 1.29 is 4.79 Å².